The zero-order valence-corrected chi connectivity index (χ0v) is 9.58. The first-order valence-electron chi connectivity index (χ1n) is 5.33. The van der Waals surface area contributed by atoms with E-state index >= 15 is 0 Å². The van der Waals surface area contributed by atoms with Gasteiger partial charge in [0.2, 0.25) is 0 Å². The fraction of sp³-hybridized carbons (Fsp3) is 0.462. The minimum Gasteiger partial charge on any atom is -0.298 e. The van der Waals surface area contributed by atoms with E-state index in [1.165, 1.54) is 0 Å². The van der Waals surface area contributed by atoms with E-state index in [4.69, 9.17) is 0 Å². The monoisotopic (exact) mass is 192 g/mol. The van der Waals surface area contributed by atoms with E-state index in [9.17, 15) is 4.79 Å². The number of benzene rings is 1. The second-order valence-corrected chi connectivity index (χ2v) is 3.06. The van der Waals surface area contributed by atoms with Gasteiger partial charge in [-0.1, -0.05) is 52.0 Å². The van der Waals surface area contributed by atoms with Crippen LogP contribution in [-0.4, -0.2) is 6.29 Å². The van der Waals surface area contributed by atoms with Crippen LogP contribution in [-0.2, 0) is 0 Å². The van der Waals surface area contributed by atoms with Crippen molar-refractivity contribution in [3.63, 3.8) is 0 Å². The van der Waals surface area contributed by atoms with Gasteiger partial charge in [-0.3, -0.25) is 4.79 Å². The number of hydrogen-bond donors (Lipinski definition) is 0. The molecule has 0 radical (unpaired) electrons. The van der Waals surface area contributed by atoms with Crippen molar-refractivity contribution in [1.82, 2.24) is 0 Å². The van der Waals surface area contributed by atoms with Gasteiger partial charge in [-0.2, -0.15) is 0 Å². The Labute approximate surface area is 87.2 Å². The highest BCUT2D eigenvalue weighted by molar-refractivity contribution is 5.77. The first kappa shape index (κ1) is 12.9. The molecule has 0 saturated heterocycles. The maximum absolute atomic E-state index is 10.6. The molecule has 1 heteroatoms. The van der Waals surface area contributed by atoms with Gasteiger partial charge in [0, 0.05) is 5.56 Å². The molecule has 1 aromatic rings. The van der Waals surface area contributed by atoms with Crippen LogP contribution in [0.15, 0.2) is 24.3 Å². The highest BCUT2D eigenvalue weighted by atomic mass is 16.1. The van der Waals surface area contributed by atoms with Gasteiger partial charge in [-0.25, -0.2) is 0 Å². The SMILES string of the molecule is CC.CCC(C)c1ccccc1C=O. The van der Waals surface area contributed by atoms with Crippen LogP contribution in [0.3, 0.4) is 0 Å². The van der Waals surface area contributed by atoms with E-state index in [1.54, 1.807) is 0 Å². The molecular formula is C13H20O. The third-order valence-corrected chi connectivity index (χ3v) is 2.27. The molecule has 0 bridgehead atoms. The zero-order chi connectivity index (χ0) is 11.0. The lowest BCUT2D eigenvalue weighted by Gasteiger charge is -2.10. The van der Waals surface area contributed by atoms with Crippen molar-refractivity contribution in [1.29, 1.82) is 0 Å². The second-order valence-electron chi connectivity index (χ2n) is 3.06. The molecule has 0 heterocycles. The summed E-state index contributed by atoms with van der Waals surface area (Å²) < 4.78 is 0. The van der Waals surface area contributed by atoms with Gasteiger partial charge in [0.05, 0.1) is 0 Å². The molecule has 0 aromatic heterocycles. The molecule has 78 valence electrons. The Balaban J connectivity index is 0.000000791. The highest BCUT2D eigenvalue weighted by Crippen LogP contribution is 2.20. The third-order valence-electron chi connectivity index (χ3n) is 2.27. The van der Waals surface area contributed by atoms with Crippen molar-refractivity contribution in [2.45, 2.75) is 40.0 Å². The third kappa shape index (κ3) is 3.33. The summed E-state index contributed by atoms with van der Waals surface area (Å²) in [5.41, 5.74) is 1.99. The van der Waals surface area contributed by atoms with Gasteiger partial charge in [-0.15, -0.1) is 0 Å². The Hall–Kier alpha value is -1.11. The van der Waals surface area contributed by atoms with Crippen LogP contribution < -0.4 is 0 Å². The predicted molar refractivity (Wildman–Crippen MR) is 61.9 cm³/mol. The van der Waals surface area contributed by atoms with Gasteiger partial charge in [0.15, 0.2) is 0 Å². The molecule has 0 saturated carbocycles. The molecule has 0 fully saturated rings. The second kappa shape index (κ2) is 7.31. The molecule has 0 aliphatic carbocycles. The van der Waals surface area contributed by atoms with E-state index in [0.717, 1.165) is 23.8 Å². The van der Waals surface area contributed by atoms with Crippen molar-refractivity contribution >= 4 is 6.29 Å². The number of hydrogen-bond acceptors (Lipinski definition) is 1. The summed E-state index contributed by atoms with van der Waals surface area (Å²) in [4.78, 5) is 10.6. The van der Waals surface area contributed by atoms with Crippen LogP contribution in [0.2, 0.25) is 0 Å². The highest BCUT2D eigenvalue weighted by Gasteiger charge is 2.06. The number of carbonyl (C=O) groups is 1. The Morgan fingerprint density at radius 3 is 2.36 bits per heavy atom. The summed E-state index contributed by atoms with van der Waals surface area (Å²) in [5.74, 6) is 0.478. The molecule has 0 aliphatic heterocycles. The predicted octanol–water partition coefficient (Wildman–Crippen LogP) is 4.04. The normalized spacial score (nSPS) is 11.1. The summed E-state index contributed by atoms with van der Waals surface area (Å²) in [6.07, 6.45) is 2.01. The standard InChI is InChI=1S/C11H14O.C2H6/c1-3-9(2)11-7-5-4-6-10(11)8-12;1-2/h4-9H,3H2,1-2H3;1-2H3. The van der Waals surface area contributed by atoms with E-state index in [-0.39, 0.29) is 0 Å². The van der Waals surface area contributed by atoms with Crippen molar-refractivity contribution in [3.8, 4) is 0 Å². The van der Waals surface area contributed by atoms with Gasteiger partial charge in [-0.05, 0) is 17.9 Å². The van der Waals surface area contributed by atoms with Crippen molar-refractivity contribution in [2.75, 3.05) is 0 Å². The molecule has 14 heavy (non-hydrogen) atoms. The average molecular weight is 192 g/mol. The van der Waals surface area contributed by atoms with E-state index in [2.05, 4.69) is 13.8 Å². The van der Waals surface area contributed by atoms with E-state index < -0.39 is 0 Å². The Bertz CT molecular complexity index is 266. The summed E-state index contributed by atoms with van der Waals surface area (Å²) in [5, 5.41) is 0. The molecule has 1 aromatic carbocycles. The summed E-state index contributed by atoms with van der Waals surface area (Å²) in [6.45, 7) is 8.27. The Morgan fingerprint density at radius 1 is 1.29 bits per heavy atom. The molecule has 1 atom stereocenters. The van der Waals surface area contributed by atoms with Crippen molar-refractivity contribution in [2.24, 2.45) is 0 Å². The van der Waals surface area contributed by atoms with E-state index in [0.29, 0.717) is 5.92 Å². The molecule has 0 aliphatic rings. The minimum atomic E-state index is 0.478. The quantitative estimate of drug-likeness (QED) is 0.660. The maximum atomic E-state index is 10.6. The van der Waals surface area contributed by atoms with Crippen LogP contribution in [0.4, 0.5) is 0 Å². The number of carbonyl (C=O) groups excluding carboxylic acids is 1. The molecule has 1 nitrogen and oxygen atoms in total. The number of aldehydes is 1. The summed E-state index contributed by atoms with van der Waals surface area (Å²) in [7, 11) is 0. The maximum Gasteiger partial charge on any atom is 0.150 e. The molecule has 0 N–H and O–H groups in total. The summed E-state index contributed by atoms with van der Waals surface area (Å²) in [6, 6.07) is 7.77. The smallest absolute Gasteiger partial charge is 0.150 e. The van der Waals surface area contributed by atoms with Crippen LogP contribution in [0, 0.1) is 0 Å². The largest absolute Gasteiger partial charge is 0.298 e. The lowest BCUT2D eigenvalue weighted by Crippen LogP contribution is -1.96. The molecule has 0 spiro atoms. The topological polar surface area (TPSA) is 17.1 Å². The minimum absolute atomic E-state index is 0.478. The molecular weight excluding hydrogens is 172 g/mol. The van der Waals surface area contributed by atoms with Gasteiger partial charge >= 0.3 is 0 Å². The zero-order valence-electron chi connectivity index (χ0n) is 9.58. The Morgan fingerprint density at radius 2 is 1.86 bits per heavy atom. The van der Waals surface area contributed by atoms with E-state index in [1.807, 2.05) is 38.1 Å². The fourth-order valence-electron chi connectivity index (χ4n) is 1.29. The van der Waals surface area contributed by atoms with Gasteiger partial charge in [0.25, 0.3) is 0 Å². The van der Waals surface area contributed by atoms with Crippen molar-refractivity contribution < 1.29 is 4.79 Å². The molecule has 0 amide bonds. The van der Waals surface area contributed by atoms with Crippen LogP contribution >= 0.6 is 0 Å². The van der Waals surface area contributed by atoms with Crippen LogP contribution in [0.25, 0.3) is 0 Å². The summed E-state index contributed by atoms with van der Waals surface area (Å²) >= 11 is 0. The lowest BCUT2D eigenvalue weighted by molar-refractivity contribution is 0.112. The number of rotatable bonds is 3. The first-order chi connectivity index (χ1) is 6.79. The van der Waals surface area contributed by atoms with Crippen LogP contribution in [0.1, 0.15) is 56.0 Å². The lowest BCUT2D eigenvalue weighted by atomic mass is 9.94. The van der Waals surface area contributed by atoms with Crippen LogP contribution in [0.5, 0.6) is 0 Å². The molecule has 1 rings (SSSR count). The van der Waals surface area contributed by atoms with Gasteiger partial charge in [0.1, 0.15) is 6.29 Å². The fourth-order valence-corrected chi connectivity index (χ4v) is 1.29. The average Bonchev–Trinajstić information content (AvgIpc) is 2.30. The Kier molecular flexibility index (Phi) is 6.73. The molecule has 1 unspecified atom stereocenters. The van der Waals surface area contributed by atoms with Crippen molar-refractivity contribution in [3.05, 3.63) is 35.4 Å². The van der Waals surface area contributed by atoms with Gasteiger partial charge < -0.3 is 0 Å². The first-order valence-corrected chi connectivity index (χ1v) is 5.33.